The predicted octanol–water partition coefficient (Wildman–Crippen LogP) is 0.351. The Morgan fingerprint density at radius 3 is 2.90 bits per heavy atom. The minimum Gasteiger partial charge on any atom is -0.380 e. The summed E-state index contributed by atoms with van der Waals surface area (Å²) in [6, 6.07) is 7.94. The second-order valence-electron chi connectivity index (χ2n) is 5.51. The van der Waals surface area contributed by atoms with Crippen LogP contribution >= 0.6 is 0 Å². The van der Waals surface area contributed by atoms with Gasteiger partial charge >= 0.3 is 0 Å². The first kappa shape index (κ1) is 13.8. The minimum atomic E-state index is -1.33. The average molecular weight is 286 g/mol. The minimum absolute atomic E-state index is 0.312. The van der Waals surface area contributed by atoms with E-state index in [2.05, 4.69) is 15.6 Å². The van der Waals surface area contributed by atoms with Crippen LogP contribution in [0.25, 0.3) is 0 Å². The van der Waals surface area contributed by atoms with Gasteiger partial charge in [0.2, 0.25) is 0 Å². The van der Waals surface area contributed by atoms with Gasteiger partial charge in [0.15, 0.2) is 0 Å². The molecule has 0 radical (unpaired) electrons. The van der Waals surface area contributed by atoms with E-state index in [9.17, 15) is 9.90 Å². The molecule has 2 N–H and O–H groups in total. The summed E-state index contributed by atoms with van der Waals surface area (Å²) in [4.78, 5) is 12.3. The standard InChI is InChI=1S/C15H18N4O2/c1-19-13(10-17-18-19)9-16-14(20)15(21)7-6-11-4-2-3-5-12(11)8-15/h2-5,10,21H,6-9H2,1H3,(H,16,20). The molecule has 0 bridgehead atoms. The highest BCUT2D eigenvalue weighted by molar-refractivity contribution is 5.85. The van der Waals surface area contributed by atoms with E-state index in [-0.39, 0.29) is 5.91 Å². The van der Waals surface area contributed by atoms with E-state index in [1.807, 2.05) is 24.3 Å². The Bertz CT molecular complexity index is 667. The quantitative estimate of drug-likeness (QED) is 0.853. The Morgan fingerprint density at radius 2 is 2.19 bits per heavy atom. The molecule has 1 unspecified atom stereocenters. The van der Waals surface area contributed by atoms with E-state index >= 15 is 0 Å². The summed E-state index contributed by atoms with van der Waals surface area (Å²) in [7, 11) is 1.76. The molecule has 1 aliphatic carbocycles. The molecule has 1 aromatic heterocycles. The number of nitrogens with zero attached hydrogens (tertiary/aromatic N) is 3. The molecule has 0 fully saturated rings. The maximum absolute atomic E-state index is 12.3. The Labute approximate surface area is 122 Å². The number of nitrogens with one attached hydrogen (secondary N) is 1. The van der Waals surface area contributed by atoms with Crippen LogP contribution in [0.4, 0.5) is 0 Å². The van der Waals surface area contributed by atoms with Crippen molar-refractivity contribution in [3.8, 4) is 0 Å². The molecule has 0 saturated heterocycles. The number of carbonyl (C=O) groups excluding carboxylic acids is 1. The molecule has 3 rings (SSSR count). The van der Waals surface area contributed by atoms with Crippen LogP contribution in [-0.4, -0.2) is 31.6 Å². The van der Waals surface area contributed by atoms with Crippen LogP contribution in [0.2, 0.25) is 0 Å². The highest BCUT2D eigenvalue weighted by atomic mass is 16.3. The van der Waals surface area contributed by atoms with Gasteiger partial charge in [0, 0.05) is 13.5 Å². The van der Waals surface area contributed by atoms with Crippen LogP contribution in [0, 0.1) is 0 Å². The fourth-order valence-corrected chi connectivity index (χ4v) is 2.72. The number of hydrogen-bond donors (Lipinski definition) is 2. The van der Waals surface area contributed by atoms with Gasteiger partial charge in [-0.25, -0.2) is 0 Å². The van der Waals surface area contributed by atoms with Gasteiger partial charge in [-0.1, -0.05) is 29.5 Å². The van der Waals surface area contributed by atoms with E-state index in [1.54, 1.807) is 17.9 Å². The topological polar surface area (TPSA) is 80.0 Å². The molecule has 2 aromatic rings. The molecule has 1 aromatic carbocycles. The zero-order chi connectivity index (χ0) is 14.9. The van der Waals surface area contributed by atoms with Gasteiger partial charge in [-0.05, 0) is 24.0 Å². The second-order valence-corrected chi connectivity index (χ2v) is 5.51. The van der Waals surface area contributed by atoms with Gasteiger partial charge in [-0.3, -0.25) is 9.48 Å². The number of aliphatic hydroxyl groups is 1. The van der Waals surface area contributed by atoms with Crippen molar-refractivity contribution in [1.29, 1.82) is 0 Å². The molecule has 110 valence electrons. The summed E-state index contributed by atoms with van der Waals surface area (Å²) in [6.07, 6.45) is 3.12. The van der Waals surface area contributed by atoms with Gasteiger partial charge in [-0.2, -0.15) is 0 Å². The van der Waals surface area contributed by atoms with Crippen molar-refractivity contribution in [2.45, 2.75) is 31.4 Å². The van der Waals surface area contributed by atoms with Crippen LogP contribution in [0.5, 0.6) is 0 Å². The summed E-state index contributed by atoms with van der Waals surface area (Å²) in [5.41, 5.74) is 1.72. The molecule has 1 atom stereocenters. The average Bonchev–Trinajstić information content (AvgIpc) is 2.90. The highest BCUT2D eigenvalue weighted by Gasteiger charge is 2.38. The van der Waals surface area contributed by atoms with E-state index in [1.165, 1.54) is 5.56 Å². The van der Waals surface area contributed by atoms with Crippen molar-refractivity contribution in [2.24, 2.45) is 7.05 Å². The van der Waals surface area contributed by atoms with E-state index < -0.39 is 5.60 Å². The largest absolute Gasteiger partial charge is 0.380 e. The second kappa shape index (κ2) is 5.29. The number of aromatic nitrogens is 3. The molecular formula is C15H18N4O2. The monoisotopic (exact) mass is 286 g/mol. The number of fused-ring (bicyclic) bond motifs is 1. The lowest BCUT2D eigenvalue weighted by molar-refractivity contribution is -0.141. The fraction of sp³-hybridized carbons (Fsp3) is 0.400. The number of rotatable bonds is 3. The van der Waals surface area contributed by atoms with E-state index in [4.69, 9.17) is 0 Å². The summed E-state index contributed by atoms with van der Waals surface area (Å²) >= 11 is 0. The number of amides is 1. The van der Waals surface area contributed by atoms with Crippen molar-refractivity contribution >= 4 is 5.91 Å². The van der Waals surface area contributed by atoms with Gasteiger partial charge in [0.1, 0.15) is 5.60 Å². The van der Waals surface area contributed by atoms with E-state index in [0.29, 0.717) is 25.8 Å². The summed E-state index contributed by atoms with van der Waals surface area (Å²) in [5, 5.41) is 21.0. The molecule has 1 heterocycles. The van der Waals surface area contributed by atoms with Crippen molar-refractivity contribution < 1.29 is 9.90 Å². The normalized spacial score (nSPS) is 20.9. The smallest absolute Gasteiger partial charge is 0.252 e. The summed E-state index contributed by atoms with van der Waals surface area (Å²) < 4.78 is 1.60. The molecule has 6 heteroatoms. The Balaban J connectivity index is 1.69. The van der Waals surface area contributed by atoms with Gasteiger partial charge in [-0.15, -0.1) is 5.10 Å². The SMILES string of the molecule is Cn1nncc1CNC(=O)C1(O)CCc2ccccc2C1. The van der Waals surface area contributed by atoms with E-state index in [0.717, 1.165) is 11.3 Å². The maximum atomic E-state index is 12.3. The van der Waals surface area contributed by atoms with Crippen molar-refractivity contribution in [1.82, 2.24) is 20.3 Å². The number of benzene rings is 1. The zero-order valence-electron chi connectivity index (χ0n) is 11.9. The maximum Gasteiger partial charge on any atom is 0.252 e. The van der Waals surface area contributed by atoms with Crippen LogP contribution in [0.15, 0.2) is 30.5 Å². The molecule has 0 spiro atoms. The Morgan fingerprint density at radius 1 is 1.43 bits per heavy atom. The third-order valence-electron chi connectivity index (χ3n) is 4.07. The fourth-order valence-electron chi connectivity index (χ4n) is 2.72. The third kappa shape index (κ3) is 2.67. The number of carbonyl (C=O) groups is 1. The summed E-state index contributed by atoms with van der Waals surface area (Å²) in [6.45, 7) is 0.312. The molecule has 1 aliphatic rings. The first-order chi connectivity index (χ1) is 10.1. The number of hydrogen-bond acceptors (Lipinski definition) is 4. The van der Waals surface area contributed by atoms with Gasteiger partial charge in [0.25, 0.3) is 5.91 Å². The first-order valence-corrected chi connectivity index (χ1v) is 6.99. The van der Waals surface area contributed by atoms with Crippen molar-refractivity contribution in [3.63, 3.8) is 0 Å². The predicted molar refractivity (Wildman–Crippen MR) is 76.3 cm³/mol. The number of aryl methyl sites for hydroxylation is 2. The molecule has 0 saturated carbocycles. The lowest BCUT2D eigenvalue weighted by atomic mass is 9.80. The highest BCUT2D eigenvalue weighted by Crippen LogP contribution is 2.28. The lowest BCUT2D eigenvalue weighted by Crippen LogP contribution is -2.50. The molecular weight excluding hydrogens is 268 g/mol. The Hall–Kier alpha value is -2.21. The lowest BCUT2D eigenvalue weighted by Gasteiger charge is -2.32. The van der Waals surface area contributed by atoms with Crippen LogP contribution in [0.1, 0.15) is 23.2 Å². The van der Waals surface area contributed by atoms with Crippen molar-refractivity contribution in [2.75, 3.05) is 0 Å². The summed E-state index contributed by atoms with van der Waals surface area (Å²) in [5.74, 6) is -0.335. The molecule has 6 nitrogen and oxygen atoms in total. The van der Waals surface area contributed by atoms with Gasteiger partial charge < -0.3 is 10.4 Å². The zero-order valence-corrected chi connectivity index (χ0v) is 11.9. The third-order valence-corrected chi connectivity index (χ3v) is 4.07. The van der Waals surface area contributed by atoms with Crippen LogP contribution < -0.4 is 5.32 Å². The van der Waals surface area contributed by atoms with Crippen LogP contribution in [-0.2, 0) is 31.2 Å². The molecule has 21 heavy (non-hydrogen) atoms. The van der Waals surface area contributed by atoms with Crippen molar-refractivity contribution in [3.05, 3.63) is 47.3 Å². The first-order valence-electron chi connectivity index (χ1n) is 6.99. The molecule has 0 aliphatic heterocycles. The molecule has 1 amide bonds. The Kier molecular flexibility index (Phi) is 3.47. The van der Waals surface area contributed by atoms with Gasteiger partial charge in [0.05, 0.1) is 18.4 Å². The van der Waals surface area contributed by atoms with Crippen LogP contribution in [0.3, 0.4) is 0 Å².